The maximum absolute atomic E-state index is 11.5. The van der Waals surface area contributed by atoms with Crippen LogP contribution < -0.4 is 0 Å². The molecule has 152 valence electrons. The summed E-state index contributed by atoms with van der Waals surface area (Å²) in [6.45, 7) is 4.35. The lowest BCUT2D eigenvalue weighted by Crippen LogP contribution is -2.33. The van der Waals surface area contributed by atoms with E-state index in [0.29, 0.717) is 12.8 Å². The fourth-order valence-electron chi connectivity index (χ4n) is 3.34. The molecule has 5 heteroatoms. The van der Waals surface area contributed by atoms with E-state index in [0.717, 1.165) is 51.4 Å². The fraction of sp³-hybridized carbons (Fsp3) is 1.00. The quantitative estimate of drug-likeness (QED) is 0.230. The highest BCUT2D eigenvalue weighted by atomic mass is 32.2. The topological polar surface area (TPSA) is 74.6 Å². The van der Waals surface area contributed by atoms with E-state index in [-0.39, 0.29) is 0 Å². The zero-order valence-electron chi connectivity index (χ0n) is 16.6. The lowest BCUT2D eigenvalue weighted by Gasteiger charge is -2.20. The summed E-state index contributed by atoms with van der Waals surface area (Å²) in [5.74, 6) is 0. The Balaban J connectivity index is 3.89. The Kier molecular flexibility index (Phi) is 16.0. The van der Waals surface area contributed by atoms with Gasteiger partial charge < -0.3 is 5.11 Å². The number of hydrogen-bond acceptors (Lipinski definition) is 3. The Morgan fingerprint density at radius 3 is 1.40 bits per heavy atom. The summed E-state index contributed by atoms with van der Waals surface area (Å²) in [5.41, 5.74) is 0. The summed E-state index contributed by atoms with van der Waals surface area (Å²) in [5, 5.41) is 9.20. The second-order valence-corrected chi connectivity index (χ2v) is 9.08. The van der Waals surface area contributed by atoms with Crippen LogP contribution in [0, 0.1) is 0 Å². The molecular formula is C20H42O4S. The fourth-order valence-corrected chi connectivity index (χ4v) is 4.34. The van der Waals surface area contributed by atoms with Gasteiger partial charge in [-0.25, -0.2) is 0 Å². The van der Waals surface area contributed by atoms with Gasteiger partial charge >= 0.3 is 0 Å². The molecule has 0 heterocycles. The molecule has 0 bridgehead atoms. The second-order valence-electron chi connectivity index (χ2n) is 7.44. The first kappa shape index (κ1) is 24.9. The highest BCUT2D eigenvalue weighted by Crippen LogP contribution is 2.20. The molecule has 0 rings (SSSR count). The third-order valence-electron chi connectivity index (χ3n) is 5.01. The van der Waals surface area contributed by atoms with E-state index >= 15 is 0 Å². The van der Waals surface area contributed by atoms with Crippen molar-refractivity contribution in [3.63, 3.8) is 0 Å². The summed E-state index contributed by atoms with van der Waals surface area (Å²) < 4.78 is 32.5. The molecule has 0 aromatic carbocycles. The van der Waals surface area contributed by atoms with Crippen LogP contribution in [0.4, 0.5) is 0 Å². The van der Waals surface area contributed by atoms with Crippen molar-refractivity contribution in [1.82, 2.24) is 0 Å². The molecule has 0 aliphatic rings. The van der Waals surface area contributed by atoms with Crippen LogP contribution >= 0.6 is 0 Å². The van der Waals surface area contributed by atoms with Crippen LogP contribution in [0.3, 0.4) is 0 Å². The number of rotatable bonds is 18. The molecule has 0 spiro atoms. The Morgan fingerprint density at radius 2 is 1.00 bits per heavy atom. The molecule has 2 N–H and O–H groups in total. The zero-order valence-corrected chi connectivity index (χ0v) is 17.4. The molecule has 0 amide bonds. The molecule has 0 saturated heterocycles. The van der Waals surface area contributed by atoms with Gasteiger partial charge in [0.15, 0.2) is 0 Å². The molecule has 0 saturated carbocycles. The van der Waals surface area contributed by atoms with Gasteiger partial charge in [0, 0.05) is 0 Å². The number of aliphatic hydroxyl groups is 1. The van der Waals surface area contributed by atoms with Crippen molar-refractivity contribution in [2.24, 2.45) is 0 Å². The predicted molar refractivity (Wildman–Crippen MR) is 107 cm³/mol. The van der Waals surface area contributed by atoms with E-state index in [2.05, 4.69) is 13.8 Å². The first-order chi connectivity index (χ1) is 11.9. The largest absolute Gasteiger partial charge is 0.392 e. The van der Waals surface area contributed by atoms with Gasteiger partial charge in [-0.2, -0.15) is 8.42 Å². The molecule has 0 fully saturated rings. The Bertz CT molecular complexity index is 381. The molecule has 0 radical (unpaired) electrons. The van der Waals surface area contributed by atoms with Crippen LogP contribution in [-0.2, 0) is 10.1 Å². The summed E-state index contributed by atoms with van der Waals surface area (Å²) in [6.07, 6.45) is 15.7. The van der Waals surface area contributed by atoms with Gasteiger partial charge in [-0.1, -0.05) is 104 Å². The number of unbranched alkanes of at least 4 members (excludes halogenated alkanes) is 12. The standard InChI is InChI=1S/C20H42O4S/c1-3-5-7-9-10-11-12-14-15-17-19(21)20(25(22,23)24)18-16-13-8-6-4-2/h19-21H,3-18H2,1-2H3,(H,22,23,24). The van der Waals surface area contributed by atoms with Crippen LogP contribution in [0.15, 0.2) is 0 Å². The van der Waals surface area contributed by atoms with Crippen molar-refractivity contribution in [3.8, 4) is 0 Å². The highest BCUT2D eigenvalue weighted by molar-refractivity contribution is 7.86. The van der Waals surface area contributed by atoms with E-state index in [1.54, 1.807) is 0 Å². The van der Waals surface area contributed by atoms with Crippen molar-refractivity contribution >= 4 is 10.1 Å². The van der Waals surface area contributed by atoms with Crippen molar-refractivity contribution in [2.75, 3.05) is 0 Å². The molecule has 2 atom stereocenters. The molecule has 0 aliphatic heterocycles. The number of hydrogen-bond donors (Lipinski definition) is 2. The van der Waals surface area contributed by atoms with Crippen LogP contribution in [0.25, 0.3) is 0 Å². The third kappa shape index (κ3) is 14.7. The minimum absolute atomic E-state index is 0.362. The summed E-state index contributed by atoms with van der Waals surface area (Å²) in [6, 6.07) is 0. The van der Waals surface area contributed by atoms with E-state index < -0.39 is 21.5 Å². The molecule has 0 aliphatic carbocycles. The minimum Gasteiger partial charge on any atom is -0.392 e. The van der Waals surface area contributed by atoms with E-state index in [9.17, 15) is 18.1 Å². The summed E-state index contributed by atoms with van der Waals surface area (Å²) in [4.78, 5) is 0. The molecule has 4 nitrogen and oxygen atoms in total. The highest BCUT2D eigenvalue weighted by Gasteiger charge is 2.29. The summed E-state index contributed by atoms with van der Waals surface area (Å²) >= 11 is 0. The average Bonchev–Trinajstić information content (AvgIpc) is 2.55. The van der Waals surface area contributed by atoms with Crippen LogP contribution in [0.1, 0.15) is 117 Å². The monoisotopic (exact) mass is 378 g/mol. The Labute approximate surface area is 156 Å². The van der Waals surface area contributed by atoms with E-state index in [4.69, 9.17) is 0 Å². The van der Waals surface area contributed by atoms with Gasteiger partial charge in [-0.3, -0.25) is 4.55 Å². The van der Waals surface area contributed by atoms with Crippen molar-refractivity contribution in [3.05, 3.63) is 0 Å². The smallest absolute Gasteiger partial charge is 0.270 e. The average molecular weight is 379 g/mol. The maximum atomic E-state index is 11.5. The summed E-state index contributed by atoms with van der Waals surface area (Å²) in [7, 11) is -4.17. The number of aliphatic hydroxyl groups excluding tert-OH is 1. The van der Waals surface area contributed by atoms with E-state index in [1.165, 1.54) is 38.5 Å². The first-order valence-corrected chi connectivity index (χ1v) is 12.1. The van der Waals surface area contributed by atoms with Gasteiger partial charge in [0.2, 0.25) is 0 Å². The molecule has 2 unspecified atom stereocenters. The van der Waals surface area contributed by atoms with Gasteiger partial charge in [-0.05, 0) is 12.8 Å². The minimum atomic E-state index is -4.17. The molecular weight excluding hydrogens is 336 g/mol. The normalized spacial score (nSPS) is 14.6. The van der Waals surface area contributed by atoms with Gasteiger partial charge in [-0.15, -0.1) is 0 Å². The van der Waals surface area contributed by atoms with Gasteiger partial charge in [0.1, 0.15) is 5.25 Å². The zero-order chi connectivity index (χ0) is 19.0. The maximum Gasteiger partial charge on any atom is 0.270 e. The molecule has 25 heavy (non-hydrogen) atoms. The van der Waals surface area contributed by atoms with Gasteiger partial charge in [0.05, 0.1) is 6.10 Å². The lowest BCUT2D eigenvalue weighted by molar-refractivity contribution is 0.146. The third-order valence-corrected chi connectivity index (χ3v) is 6.32. The Morgan fingerprint density at radius 1 is 0.640 bits per heavy atom. The first-order valence-electron chi connectivity index (χ1n) is 10.6. The lowest BCUT2D eigenvalue weighted by atomic mass is 10.0. The van der Waals surface area contributed by atoms with Crippen molar-refractivity contribution < 1.29 is 18.1 Å². The van der Waals surface area contributed by atoms with Crippen molar-refractivity contribution in [1.29, 1.82) is 0 Å². The van der Waals surface area contributed by atoms with Crippen LogP contribution in [0.2, 0.25) is 0 Å². The van der Waals surface area contributed by atoms with Gasteiger partial charge in [0.25, 0.3) is 10.1 Å². The predicted octanol–water partition coefficient (Wildman–Crippen LogP) is 5.89. The van der Waals surface area contributed by atoms with Crippen LogP contribution in [0.5, 0.6) is 0 Å². The van der Waals surface area contributed by atoms with Crippen molar-refractivity contribution in [2.45, 2.75) is 128 Å². The van der Waals surface area contributed by atoms with E-state index in [1.807, 2.05) is 0 Å². The molecule has 0 aromatic rings. The Hall–Kier alpha value is -0.130. The second kappa shape index (κ2) is 16.1. The van der Waals surface area contributed by atoms with Crippen LogP contribution in [-0.4, -0.2) is 29.4 Å². The SMILES string of the molecule is CCCCCCCCCCCC(O)C(CCCCCCC)S(=O)(=O)O. The molecule has 0 aromatic heterocycles.